The van der Waals surface area contributed by atoms with Gasteiger partial charge < -0.3 is 5.73 Å². The van der Waals surface area contributed by atoms with Crippen LogP contribution in [-0.2, 0) is 11.7 Å². The Kier molecular flexibility index (Phi) is 4.84. The van der Waals surface area contributed by atoms with E-state index < -0.39 is 23.1 Å². The van der Waals surface area contributed by atoms with Gasteiger partial charge in [-0.15, -0.1) is 11.3 Å². The number of benzene rings is 1. The Balaban J connectivity index is 2.05. The number of thiophene rings is 1. The molecule has 0 aliphatic carbocycles. The Morgan fingerprint density at radius 1 is 1.15 bits per heavy atom. The first-order valence-corrected chi connectivity index (χ1v) is 9.56. The SMILES string of the molecule is CC1(C)CCC(C)(c2sc(-c3ccc(F)c(C(F)(F)F)c3)cc2Cl)N=C1N. The van der Waals surface area contributed by atoms with Gasteiger partial charge in [-0.2, -0.15) is 13.2 Å². The molecule has 2 heterocycles. The van der Waals surface area contributed by atoms with E-state index in [0.29, 0.717) is 15.7 Å². The molecule has 0 saturated heterocycles. The molecule has 1 aliphatic rings. The lowest BCUT2D eigenvalue weighted by molar-refractivity contribution is -0.139. The number of amidine groups is 1. The largest absolute Gasteiger partial charge is 0.419 e. The maximum absolute atomic E-state index is 13.6. The van der Waals surface area contributed by atoms with Gasteiger partial charge in [0.25, 0.3) is 0 Å². The summed E-state index contributed by atoms with van der Waals surface area (Å²) < 4.78 is 52.6. The number of nitrogens with two attached hydrogens (primary N) is 1. The number of rotatable bonds is 2. The summed E-state index contributed by atoms with van der Waals surface area (Å²) in [5.41, 5.74) is 4.26. The molecule has 1 aromatic heterocycles. The van der Waals surface area contributed by atoms with Crippen molar-refractivity contribution in [1.82, 2.24) is 0 Å². The van der Waals surface area contributed by atoms with Crippen LogP contribution in [0.15, 0.2) is 29.3 Å². The summed E-state index contributed by atoms with van der Waals surface area (Å²) in [5.74, 6) is -0.767. The average molecular weight is 419 g/mol. The molecule has 146 valence electrons. The number of alkyl halides is 3. The Morgan fingerprint density at radius 2 is 1.81 bits per heavy atom. The summed E-state index contributed by atoms with van der Waals surface area (Å²) in [6.07, 6.45) is -3.22. The lowest BCUT2D eigenvalue weighted by Gasteiger charge is -2.37. The van der Waals surface area contributed by atoms with Crippen LogP contribution in [0.2, 0.25) is 5.02 Å². The maximum atomic E-state index is 13.6. The zero-order valence-corrected chi connectivity index (χ0v) is 16.6. The number of hydrogen-bond acceptors (Lipinski definition) is 3. The molecule has 0 radical (unpaired) electrons. The van der Waals surface area contributed by atoms with Crippen molar-refractivity contribution in [2.75, 3.05) is 0 Å². The predicted octanol–water partition coefficient (Wildman–Crippen LogP) is 6.62. The molecular weight excluding hydrogens is 400 g/mol. The van der Waals surface area contributed by atoms with E-state index in [1.54, 1.807) is 6.07 Å². The molecule has 1 atom stereocenters. The second-order valence-corrected chi connectivity index (χ2v) is 9.09. The van der Waals surface area contributed by atoms with Crippen molar-refractivity contribution < 1.29 is 17.6 Å². The van der Waals surface area contributed by atoms with Gasteiger partial charge in [0.2, 0.25) is 0 Å². The fourth-order valence-corrected chi connectivity index (χ4v) is 4.75. The molecule has 2 N–H and O–H groups in total. The highest BCUT2D eigenvalue weighted by atomic mass is 35.5. The van der Waals surface area contributed by atoms with Crippen LogP contribution in [0.4, 0.5) is 17.6 Å². The summed E-state index contributed by atoms with van der Waals surface area (Å²) in [6, 6.07) is 4.56. The summed E-state index contributed by atoms with van der Waals surface area (Å²) in [5, 5.41) is 0.423. The van der Waals surface area contributed by atoms with Crippen LogP contribution in [0, 0.1) is 11.2 Å². The number of nitrogens with zero attached hydrogens (tertiary/aromatic N) is 1. The quantitative estimate of drug-likeness (QED) is 0.547. The van der Waals surface area contributed by atoms with Gasteiger partial charge in [0.15, 0.2) is 0 Å². The number of hydrogen-bond donors (Lipinski definition) is 1. The second-order valence-electron chi connectivity index (χ2n) is 7.63. The summed E-state index contributed by atoms with van der Waals surface area (Å²) >= 11 is 7.66. The van der Waals surface area contributed by atoms with E-state index in [1.165, 1.54) is 17.4 Å². The van der Waals surface area contributed by atoms with E-state index in [1.807, 2.05) is 20.8 Å². The minimum absolute atomic E-state index is 0.204. The molecule has 1 unspecified atom stereocenters. The van der Waals surface area contributed by atoms with Crippen molar-refractivity contribution in [2.45, 2.75) is 45.3 Å². The molecule has 2 aromatic rings. The molecule has 1 aliphatic heterocycles. The lowest BCUT2D eigenvalue weighted by Crippen LogP contribution is -2.40. The van der Waals surface area contributed by atoms with Gasteiger partial charge in [0.05, 0.1) is 21.0 Å². The van der Waals surface area contributed by atoms with Crippen molar-refractivity contribution >= 4 is 28.8 Å². The van der Waals surface area contributed by atoms with Gasteiger partial charge in [-0.3, -0.25) is 4.99 Å². The predicted molar refractivity (Wildman–Crippen MR) is 102 cm³/mol. The number of aliphatic imine (C=N–C) groups is 1. The molecule has 8 heteroatoms. The minimum Gasteiger partial charge on any atom is -0.387 e. The van der Waals surface area contributed by atoms with E-state index >= 15 is 0 Å². The Bertz CT molecular complexity index is 917. The zero-order chi connectivity index (χ0) is 20.2. The van der Waals surface area contributed by atoms with E-state index in [-0.39, 0.29) is 11.0 Å². The molecule has 27 heavy (non-hydrogen) atoms. The van der Waals surface area contributed by atoms with Crippen LogP contribution in [0.5, 0.6) is 0 Å². The minimum atomic E-state index is -4.76. The third-order valence-corrected chi connectivity index (χ3v) is 6.88. The van der Waals surface area contributed by atoms with Crippen LogP contribution in [-0.4, -0.2) is 5.84 Å². The zero-order valence-electron chi connectivity index (χ0n) is 15.0. The fraction of sp³-hybridized carbons (Fsp3) is 0.421. The molecule has 0 fully saturated rings. The highest BCUT2D eigenvalue weighted by molar-refractivity contribution is 7.16. The van der Waals surface area contributed by atoms with Crippen LogP contribution in [0.25, 0.3) is 10.4 Å². The smallest absolute Gasteiger partial charge is 0.387 e. The van der Waals surface area contributed by atoms with Crippen molar-refractivity contribution in [2.24, 2.45) is 16.1 Å². The van der Waals surface area contributed by atoms with E-state index in [4.69, 9.17) is 17.3 Å². The van der Waals surface area contributed by atoms with Crippen molar-refractivity contribution in [1.29, 1.82) is 0 Å². The highest BCUT2D eigenvalue weighted by Gasteiger charge is 2.40. The molecule has 1 aromatic carbocycles. The fourth-order valence-electron chi connectivity index (χ4n) is 3.10. The molecule has 0 spiro atoms. The van der Waals surface area contributed by atoms with Crippen LogP contribution >= 0.6 is 22.9 Å². The highest BCUT2D eigenvalue weighted by Crippen LogP contribution is 2.48. The summed E-state index contributed by atoms with van der Waals surface area (Å²) in [4.78, 5) is 5.93. The number of halogens is 5. The second kappa shape index (κ2) is 6.48. The third kappa shape index (κ3) is 3.72. The standard InChI is InChI=1S/C19H19ClF4N2S/c1-17(2)6-7-18(3,26-16(17)25)15-12(20)9-14(27-15)10-4-5-13(21)11(8-10)19(22,23)24/h4-5,8-9H,6-7H2,1-3H3,(H2,25,26). The van der Waals surface area contributed by atoms with Crippen LogP contribution < -0.4 is 5.73 Å². The molecule has 3 rings (SSSR count). The monoisotopic (exact) mass is 418 g/mol. The molecule has 0 amide bonds. The normalized spacial score (nSPS) is 22.6. The van der Waals surface area contributed by atoms with Crippen molar-refractivity contribution in [3.63, 3.8) is 0 Å². The lowest BCUT2D eigenvalue weighted by atomic mass is 9.77. The van der Waals surface area contributed by atoms with E-state index in [9.17, 15) is 17.6 Å². The first-order chi connectivity index (χ1) is 12.3. The average Bonchev–Trinajstić information content (AvgIpc) is 2.94. The topological polar surface area (TPSA) is 38.4 Å². The van der Waals surface area contributed by atoms with Gasteiger partial charge in [-0.25, -0.2) is 4.39 Å². The van der Waals surface area contributed by atoms with E-state index in [2.05, 4.69) is 4.99 Å². The Hall–Kier alpha value is -1.60. The first-order valence-electron chi connectivity index (χ1n) is 8.36. The summed E-state index contributed by atoms with van der Waals surface area (Å²) in [7, 11) is 0. The van der Waals surface area contributed by atoms with Gasteiger partial charge in [0.1, 0.15) is 11.7 Å². The van der Waals surface area contributed by atoms with Gasteiger partial charge in [-0.1, -0.05) is 31.5 Å². The molecule has 0 bridgehead atoms. The van der Waals surface area contributed by atoms with Gasteiger partial charge in [0, 0.05) is 10.3 Å². The summed E-state index contributed by atoms with van der Waals surface area (Å²) in [6.45, 7) is 5.95. The van der Waals surface area contributed by atoms with Gasteiger partial charge in [-0.05, 0) is 43.5 Å². The van der Waals surface area contributed by atoms with Crippen molar-refractivity contribution in [3.05, 3.63) is 45.5 Å². The third-order valence-electron chi connectivity index (χ3n) is 5.03. The van der Waals surface area contributed by atoms with Crippen LogP contribution in [0.3, 0.4) is 0 Å². The molecule has 0 saturated carbocycles. The Morgan fingerprint density at radius 3 is 2.41 bits per heavy atom. The maximum Gasteiger partial charge on any atom is 0.419 e. The molecular formula is C19H19ClF4N2S. The van der Waals surface area contributed by atoms with Gasteiger partial charge >= 0.3 is 6.18 Å². The first kappa shape index (κ1) is 20.1. The van der Waals surface area contributed by atoms with Crippen molar-refractivity contribution in [3.8, 4) is 10.4 Å². The Labute approximate surface area is 164 Å². The molecule has 2 nitrogen and oxygen atoms in total. The van der Waals surface area contributed by atoms with E-state index in [0.717, 1.165) is 29.9 Å². The van der Waals surface area contributed by atoms with Crippen LogP contribution in [0.1, 0.15) is 44.1 Å².